The lowest BCUT2D eigenvalue weighted by atomic mass is 9.95. The lowest BCUT2D eigenvalue weighted by Gasteiger charge is -2.31. The molecule has 1 saturated heterocycles. The van der Waals surface area contributed by atoms with E-state index in [0.717, 1.165) is 0 Å². The van der Waals surface area contributed by atoms with E-state index in [-0.39, 0.29) is 23.5 Å². The van der Waals surface area contributed by atoms with Crippen molar-refractivity contribution in [2.45, 2.75) is 12.8 Å². The van der Waals surface area contributed by atoms with Gasteiger partial charge in [-0.05, 0) is 49.2 Å². The van der Waals surface area contributed by atoms with E-state index in [9.17, 15) is 14.0 Å². The summed E-state index contributed by atoms with van der Waals surface area (Å²) in [4.78, 5) is 26.4. The Labute approximate surface area is 172 Å². The molecule has 146 valence electrons. The van der Waals surface area contributed by atoms with Crippen molar-refractivity contribution in [2.75, 3.05) is 13.1 Å². The predicted octanol–water partition coefficient (Wildman–Crippen LogP) is 4.14. The largest absolute Gasteiger partial charge is 0.339 e. The van der Waals surface area contributed by atoms with Crippen LogP contribution in [-0.2, 0) is 4.79 Å². The van der Waals surface area contributed by atoms with Crippen LogP contribution in [0, 0.1) is 11.7 Å². The van der Waals surface area contributed by atoms with Crippen molar-refractivity contribution < 1.29 is 14.0 Å². The number of halogens is 3. The minimum Gasteiger partial charge on any atom is -0.339 e. The highest BCUT2D eigenvalue weighted by Crippen LogP contribution is 2.21. The Kier molecular flexibility index (Phi) is 6.65. The van der Waals surface area contributed by atoms with Gasteiger partial charge in [0.1, 0.15) is 5.82 Å². The molecule has 1 aliphatic rings. The smallest absolute Gasteiger partial charge is 0.253 e. The molecule has 1 N–H and O–H groups in total. The fourth-order valence-electron chi connectivity index (χ4n) is 2.98. The van der Waals surface area contributed by atoms with Crippen LogP contribution in [0.5, 0.6) is 0 Å². The SMILES string of the molecule is O=C(N/N=C\c1ccc(Cl)cc1Cl)C1CCN(C(=O)c2ccc(F)cc2)CC1. The maximum Gasteiger partial charge on any atom is 0.253 e. The zero-order chi connectivity index (χ0) is 20.1. The Bertz CT molecular complexity index is 895. The van der Waals surface area contributed by atoms with Crippen molar-refractivity contribution >= 4 is 41.2 Å². The van der Waals surface area contributed by atoms with E-state index in [1.54, 1.807) is 23.1 Å². The molecule has 0 atom stereocenters. The molecular weight excluding hydrogens is 404 g/mol. The average molecular weight is 422 g/mol. The van der Waals surface area contributed by atoms with Crippen LogP contribution in [0.3, 0.4) is 0 Å². The lowest BCUT2D eigenvalue weighted by Crippen LogP contribution is -2.42. The predicted molar refractivity (Wildman–Crippen MR) is 107 cm³/mol. The van der Waals surface area contributed by atoms with Gasteiger partial charge in [-0.2, -0.15) is 5.10 Å². The zero-order valence-electron chi connectivity index (χ0n) is 14.9. The van der Waals surface area contributed by atoms with Gasteiger partial charge in [-0.15, -0.1) is 0 Å². The number of hydrazone groups is 1. The Morgan fingerprint density at radius 2 is 1.79 bits per heavy atom. The van der Waals surface area contributed by atoms with Gasteiger partial charge < -0.3 is 4.90 Å². The molecule has 0 unspecified atom stereocenters. The molecule has 0 saturated carbocycles. The van der Waals surface area contributed by atoms with E-state index < -0.39 is 0 Å². The first-order chi connectivity index (χ1) is 13.4. The van der Waals surface area contributed by atoms with Crippen LogP contribution in [0.25, 0.3) is 0 Å². The van der Waals surface area contributed by atoms with Gasteiger partial charge in [0, 0.05) is 35.2 Å². The zero-order valence-corrected chi connectivity index (χ0v) is 16.4. The summed E-state index contributed by atoms with van der Waals surface area (Å²) in [5, 5.41) is 4.91. The Balaban J connectivity index is 1.50. The van der Waals surface area contributed by atoms with Gasteiger partial charge >= 0.3 is 0 Å². The van der Waals surface area contributed by atoms with Crippen LogP contribution in [0.2, 0.25) is 10.0 Å². The summed E-state index contributed by atoms with van der Waals surface area (Å²) in [6.45, 7) is 0.919. The summed E-state index contributed by atoms with van der Waals surface area (Å²) in [7, 11) is 0. The number of likely N-dealkylation sites (tertiary alicyclic amines) is 1. The van der Waals surface area contributed by atoms with Crippen LogP contribution in [-0.4, -0.2) is 36.0 Å². The molecule has 0 bridgehead atoms. The third-order valence-electron chi connectivity index (χ3n) is 4.59. The fraction of sp³-hybridized carbons (Fsp3) is 0.250. The van der Waals surface area contributed by atoms with Gasteiger partial charge in [0.15, 0.2) is 0 Å². The van der Waals surface area contributed by atoms with Gasteiger partial charge in [0.2, 0.25) is 5.91 Å². The number of hydrogen-bond donors (Lipinski definition) is 1. The molecule has 2 aromatic rings. The van der Waals surface area contributed by atoms with Crippen LogP contribution in [0.4, 0.5) is 4.39 Å². The van der Waals surface area contributed by atoms with Crippen LogP contribution >= 0.6 is 23.2 Å². The van der Waals surface area contributed by atoms with Crippen LogP contribution in [0.15, 0.2) is 47.6 Å². The third-order valence-corrected chi connectivity index (χ3v) is 5.15. The maximum atomic E-state index is 13.0. The highest BCUT2D eigenvalue weighted by molar-refractivity contribution is 6.36. The molecule has 1 fully saturated rings. The summed E-state index contributed by atoms with van der Waals surface area (Å²) in [6.07, 6.45) is 2.54. The van der Waals surface area contributed by atoms with Crippen molar-refractivity contribution in [3.8, 4) is 0 Å². The van der Waals surface area contributed by atoms with E-state index in [2.05, 4.69) is 10.5 Å². The second-order valence-electron chi connectivity index (χ2n) is 6.47. The Hall–Kier alpha value is -2.44. The molecule has 28 heavy (non-hydrogen) atoms. The molecule has 0 radical (unpaired) electrons. The molecule has 2 amide bonds. The minimum atomic E-state index is -0.382. The standard InChI is InChI=1S/C20H18Cl2FN3O2/c21-16-4-1-15(18(22)11-16)12-24-25-19(27)13-7-9-26(10-8-13)20(28)14-2-5-17(23)6-3-14/h1-6,11-13H,7-10H2,(H,25,27)/b24-12-. The number of benzene rings is 2. The summed E-state index contributed by atoms with van der Waals surface area (Å²) in [5.74, 6) is -0.966. The fourth-order valence-corrected chi connectivity index (χ4v) is 3.44. The molecule has 0 spiro atoms. The highest BCUT2D eigenvalue weighted by atomic mass is 35.5. The Morgan fingerprint density at radius 1 is 1.11 bits per heavy atom. The van der Waals surface area contributed by atoms with Crippen LogP contribution in [0.1, 0.15) is 28.8 Å². The summed E-state index contributed by atoms with van der Waals surface area (Å²) < 4.78 is 13.0. The lowest BCUT2D eigenvalue weighted by molar-refractivity contribution is -0.126. The molecule has 1 heterocycles. The quantitative estimate of drug-likeness (QED) is 0.595. The maximum absolute atomic E-state index is 13.0. The van der Waals surface area contributed by atoms with Gasteiger partial charge in [0.25, 0.3) is 5.91 Å². The van der Waals surface area contributed by atoms with Crippen molar-refractivity contribution in [1.82, 2.24) is 10.3 Å². The number of nitrogens with zero attached hydrogens (tertiary/aromatic N) is 2. The first-order valence-corrected chi connectivity index (χ1v) is 9.52. The number of nitrogens with one attached hydrogen (secondary N) is 1. The second-order valence-corrected chi connectivity index (χ2v) is 7.32. The summed E-state index contributed by atoms with van der Waals surface area (Å²) in [5.41, 5.74) is 3.60. The van der Waals surface area contributed by atoms with E-state index in [1.165, 1.54) is 30.5 Å². The number of carbonyl (C=O) groups is 2. The van der Waals surface area contributed by atoms with Crippen molar-refractivity contribution in [1.29, 1.82) is 0 Å². The molecular formula is C20H18Cl2FN3O2. The van der Waals surface area contributed by atoms with Crippen molar-refractivity contribution in [2.24, 2.45) is 11.0 Å². The molecule has 0 aliphatic carbocycles. The number of piperidine rings is 1. The number of hydrogen-bond acceptors (Lipinski definition) is 3. The van der Waals surface area contributed by atoms with E-state index >= 15 is 0 Å². The van der Waals surface area contributed by atoms with Crippen LogP contribution < -0.4 is 5.43 Å². The normalized spacial score (nSPS) is 15.0. The molecule has 8 heteroatoms. The third kappa shape index (κ3) is 5.09. The highest BCUT2D eigenvalue weighted by Gasteiger charge is 2.27. The van der Waals surface area contributed by atoms with Crippen molar-refractivity contribution in [3.63, 3.8) is 0 Å². The van der Waals surface area contributed by atoms with Crippen molar-refractivity contribution in [3.05, 3.63) is 69.5 Å². The Morgan fingerprint density at radius 3 is 2.43 bits per heavy atom. The first-order valence-electron chi connectivity index (χ1n) is 8.77. The summed E-state index contributed by atoms with van der Waals surface area (Å²) >= 11 is 11.9. The number of carbonyl (C=O) groups excluding carboxylic acids is 2. The minimum absolute atomic E-state index is 0.158. The molecule has 1 aliphatic heterocycles. The molecule has 5 nitrogen and oxygen atoms in total. The van der Waals surface area contributed by atoms with Gasteiger partial charge in [-0.1, -0.05) is 29.3 Å². The monoisotopic (exact) mass is 421 g/mol. The van der Waals surface area contributed by atoms with E-state index in [4.69, 9.17) is 23.2 Å². The topological polar surface area (TPSA) is 61.8 Å². The number of amides is 2. The van der Waals surface area contributed by atoms with Gasteiger partial charge in [-0.25, -0.2) is 9.82 Å². The van der Waals surface area contributed by atoms with E-state index in [0.29, 0.717) is 47.1 Å². The second kappa shape index (κ2) is 9.17. The van der Waals surface area contributed by atoms with Gasteiger partial charge in [0.05, 0.1) is 11.2 Å². The van der Waals surface area contributed by atoms with E-state index in [1.807, 2.05) is 0 Å². The first kappa shape index (κ1) is 20.3. The molecule has 3 rings (SSSR count). The molecule has 0 aromatic heterocycles. The van der Waals surface area contributed by atoms with Gasteiger partial charge in [-0.3, -0.25) is 9.59 Å². The average Bonchev–Trinajstić information content (AvgIpc) is 2.69. The molecule has 2 aromatic carbocycles. The summed E-state index contributed by atoms with van der Waals surface area (Å²) in [6, 6.07) is 10.4. The number of rotatable bonds is 4.